The van der Waals surface area contributed by atoms with Crippen molar-refractivity contribution in [1.29, 1.82) is 0 Å². The number of hydrogen-bond donors (Lipinski definition) is 2. The molecule has 0 amide bonds. The topological polar surface area (TPSA) is 72.2 Å². The average molecular weight is 369 g/mol. The van der Waals surface area contributed by atoms with E-state index >= 15 is 0 Å². The third-order valence-electron chi connectivity index (χ3n) is 3.15. The van der Waals surface area contributed by atoms with Crippen LogP contribution in [0.2, 0.25) is 0 Å². The van der Waals surface area contributed by atoms with Gasteiger partial charge in [0.15, 0.2) is 0 Å². The molecule has 2 aromatic rings. The quantitative estimate of drug-likeness (QED) is 0.851. The standard InChI is InChI=1S/C15H17BrN2O2S/c1-11-14(16)3-2-4-15(11)18-21(19,20)10-13-7-5-12(9-17)6-8-13/h2-8,18H,9-10,17H2,1H3. The van der Waals surface area contributed by atoms with E-state index < -0.39 is 10.0 Å². The van der Waals surface area contributed by atoms with Gasteiger partial charge in [-0.1, -0.05) is 46.3 Å². The van der Waals surface area contributed by atoms with Crippen molar-refractivity contribution < 1.29 is 8.42 Å². The number of halogens is 1. The fraction of sp³-hybridized carbons (Fsp3) is 0.200. The highest BCUT2D eigenvalue weighted by atomic mass is 79.9. The predicted molar refractivity (Wildman–Crippen MR) is 89.5 cm³/mol. The molecule has 6 heteroatoms. The molecule has 0 aromatic heterocycles. The van der Waals surface area contributed by atoms with Crippen LogP contribution in [0.3, 0.4) is 0 Å². The lowest BCUT2D eigenvalue weighted by molar-refractivity contribution is 0.600. The van der Waals surface area contributed by atoms with Crippen LogP contribution in [0.5, 0.6) is 0 Å². The molecule has 0 saturated heterocycles. The van der Waals surface area contributed by atoms with Crippen LogP contribution >= 0.6 is 15.9 Å². The van der Waals surface area contributed by atoms with Crippen LogP contribution in [-0.4, -0.2) is 8.42 Å². The number of nitrogens with one attached hydrogen (secondary N) is 1. The van der Waals surface area contributed by atoms with Crippen LogP contribution < -0.4 is 10.5 Å². The molecule has 21 heavy (non-hydrogen) atoms. The average Bonchev–Trinajstić information content (AvgIpc) is 2.44. The van der Waals surface area contributed by atoms with Crippen molar-refractivity contribution in [2.24, 2.45) is 5.73 Å². The third kappa shape index (κ3) is 4.30. The lowest BCUT2D eigenvalue weighted by Crippen LogP contribution is -2.16. The fourth-order valence-electron chi connectivity index (χ4n) is 1.91. The molecule has 0 unspecified atom stereocenters. The maximum Gasteiger partial charge on any atom is 0.236 e. The van der Waals surface area contributed by atoms with E-state index in [2.05, 4.69) is 20.7 Å². The summed E-state index contributed by atoms with van der Waals surface area (Å²) >= 11 is 3.39. The van der Waals surface area contributed by atoms with E-state index in [0.29, 0.717) is 12.2 Å². The monoisotopic (exact) mass is 368 g/mol. The second kappa shape index (κ2) is 6.60. The first-order chi connectivity index (χ1) is 9.91. The first kappa shape index (κ1) is 16.0. The minimum Gasteiger partial charge on any atom is -0.326 e. The third-order valence-corrected chi connectivity index (χ3v) is 5.25. The maximum atomic E-state index is 12.2. The molecule has 0 spiro atoms. The van der Waals surface area contributed by atoms with Crippen LogP contribution in [0, 0.1) is 6.92 Å². The van der Waals surface area contributed by atoms with Gasteiger partial charge >= 0.3 is 0 Å². The smallest absolute Gasteiger partial charge is 0.236 e. The number of hydrogen-bond acceptors (Lipinski definition) is 3. The van der Waals surface area contributed by atoms with Gasteiger partial charge in [-0.05, 0) is 35.7 Å². The van der Waals surface area contributed by atoms with Crippen LogP contribution in [-0.2, 0) is 22.3 Å². The number of rotatable bonds is 5. The molecule has 0 bridgehead atoms. The van der Waals surface area contributed by atoms with Gasteiger partial charge in [-0.25, -0.2) is 8.42 Å². The van der Waals surface area contributed by atoms with Crippen molar-refractivity contribution in [2.45, 2.75) is 19.2 Å². The summed E-state index contributed by atoms with van der Waals surface area (Å²) < 4.78 is 28.0. The Morgan fingerprint density at radius 2 is 1.71 bits per heavy atom. The van der Waals surface area contributed by atoms with E-state index in [0.717, 1.165) is 21.2 Å². The van der Waals surface area contributed by atoms with E-state index in [-0.39, 0.29) is 5.75 Å². The molecule has 0 aliphatic carbocycles. The number of anilines is 1. The van der Waals surface area contributed by atoms with Crippen molar-refractivity contribution in [2.75, 3.05) is 4.72 Å². The van der Waals surface area contributed by atoms with Gasteiger partial charge in [0, 0.05) is 11.0 Å². The molecular weight excluding hydrogens is 352 g/mol. The molecule has 2 rings (SSSR count). The molecule has 3 N–H and O–H groups in total. The largest absolute Gasteiger partial charge is 0.326 e. The highest BCUT2D eigenvalue weighted by Gasteiger charge is 2.13. The van der Waals surface area contributed by atoms with Gasteiger partial charge in [0.05, 0.1) is 11.4 Å². The summed E-state index contributed by atoms with van der Waals surface area (Å²) in [7, 11) is -3.45. The van der Waals surface area contributed by atoms with Gasteiger partial charge in [-0.15, -0.1) is 0 Å². The first-order valence-electron chi connectivity index (χ1n) is 6.45. The summed E-state index contributed by atoms with van der Waals surface area (Å²) in [5.74, 6) is -0.0657. The second-order valence-electron chi connectivity index (χ2n) is 4.79. The van der Waals surface area contributed by atoms with Crippen LogP contribution in [0.25, 0.3) is 0 Å². The molecule has 4 nitrogen and oxygen atoms in total. The Balaban J connectivity index is 2.16. The SMILES string of the molecule is Cc1c(Br)cccc1NS(=O)(=O)Cc1ccc(CN)cc1. The Morgan fingerprint density at radius 3 is 2.33 bits per heavy atom. The summed E-state index contributed by atoms with van der Waals surface area (Å²) in [6.45, 7) is 2.31. The number of nitrogens with two attached hydrogens (primary N) is 1. The van der Waals surface area contributed by atoms with Crippen molar-refractivity contribution in [1.82, 2.24) is 0 Å². The highest BCUT2D eigenvalue weighted by Crippen LogP contribution is 2.24. The predicted octanol–water partition coefficient (Wildman–Crippen LogP) is 3.16. The van der Waals surface area contributed by atoms with Crippen molar-refractivity contribution in [3.63, 3.8) is 0 Å². The van der Waals surface area contributed by atoms with Crippen molar-refractivity contribution in [3.05, 3.63) is 63.6 Å². The van der Waals surface area contributed by atoms with Gasteiger partial charge in [-0.3, -0.25) is 4.72 Å². The van der Waals surface area contributed by atoms with E-state index in [1.165, 1.54) is 0 Å². The number of sulfonamides is 1. The Bertz CT molecular complexity index is 728. The Kier molecular flexibility index (Phi) is 5.03. The van der Waals surface area contributed by atoms with Gasteiger partial charge in [0.1, 0.15) is 0 Å². The molecule has 0 aliphatic heterocycles. The summed E-state index contributed by atoms with van der Waals surface area (Å²) in [5.41, 5.74) is 8.68. The van der Waals surface area contributed by atoms with Gasteiger partial charge in [-0.2, -0.15) is 0 Å². The maximum absolute atomic E-state index is 12.2. The van der Waals surface area contributed by atoms with Crippen LogP contribution in [0.4, 0.5) is 5.69 Å². The minimum absolute atomic E-state index is 0.0657. The molecule has 0 radical (unpaired) electrons. The van der Waals surface area contributed by atoms with Gasteiger partial charge in [0.2, 0.25) is 10.0 Å². The number of benzene rings is 2. The zero-order valence-electron chi connectivity index (χ0n) is 11.6. The van der Waals surface area contributed by atoms with E-state index in [4.69, 9.17) is 5.73 Å². The molecule has 112 valence electrons. The van der Waals surface area contributed by atoms with Crippen molar-refractivity contribution >= 4 is 31.6 Å². The molecule has 0 heterocycles. The Labute approximate surface area is 133 Å². The van der Waals surface area contributed by atoms with Crippen molar-refractivity contribution in [3.8, 4) is 0 Å². The van der Waals surface area contributed by atoms with E-state index in [1.54, 1.807) is 24.3 Å². The molecule has 0 aliphatic rings. The molecule has 0 atom stereocenters. The summed E-state index contributed by atoms with van der Waals surface area (Å²) in [4.78, 5) is 0. The minimum atomic E-state index is -3.45. The van der Waals surface area contributed by atoms with Gasteiger partial charge in [0.25, 0.3) is 0 Å². The Hall–Kier alpha value is -1.37. The van der Waals surface area contributed by atoms with Crippen LogP contribution in [0.15, 0.2) is 46.9 Å². The molecular formula is C15H17BrN2O2S. The lowest BCUT2D eigenvalue weighted by atomic mass is 10.1. The Morgan fingerprint density at radius 1 is 1.10 bits per heavy atom. The zero-order chi connectivity index (χ0) is 15.5. The normalized spacial score (nSPS) is 11.4. The summed E-state index contributed by atoms with van der Waals surface area (Å²) in [5, 5.41) is 0. The zero-order valence-corrected chi connectivity index (χ0v) is 14.0. The summed E-state index contributed by atoms with van der Waals surface area (Å²) in [6, 6.07) is 12.7. The fourth-order valence-corrected chi connectivity index (χ4v) is 3.54. The lowest BCUT2D eigenvalue weighted by Gasteiger charge is -2.11. The second-order valence-corrected chi connectivity index (χ2v) is 7.37. The first-order valence-corrected chi connectivity index (χ1v) is 8.89. The van der Waals surface area contributed by atoms with Crippen LogP contribution in [0.1, 0.15) is 16.7 Å². The van der Waals surface area contributed by atoms with E-state index in [9.17, 15) is 8.42 Å². The molecule has 0 saturated carbocycles. The molecule has 2 aromatic carbocycles. The molecule has 0 fully saturated rings. The summed E-state index contributed by atoms with van der Waals surface area (Å²) in [6.07, 6.45) is 0. The highest BCUT2D eigenvalue weighted by molar-refractivity contribution is 9.10. The van der Waals surface area contributed by atoms with Gasteiger partial charge < -0.3 is 5.73 Å². The van der Waals surface area contributed by atoms with E-state index in [1.807, 2.05) is 25.1 Å².